The van der Waals surface area contributed by atoms with Gasteiger partial charge in [-0.15, -0.1) is 0 Å². The fourth-order valence-corrected chi connectivity index (χ4v) is 2.34. The van der Waals surface area contributed by atoms with E-state index in [-0.39, 0.29) is 5.97 Å². The zero-order valence-corrected chi connectivity index (χ0v) is 12.1. The highest BCUT2D eigenvalue weighted by Crippen LogP contribution is 2.26. The van der Waals surface area contributed by atoms with Crippen LogP contribution < -0.4 is 10.1 Å². The molecule has 1 aromatic rings. The Morgan fingerprint density at radius 2 is 2.25 bits per heavy atom. The number of carbonyl (C=O) groups excluding carboxylic acids is 1. The van der Waals surface area contributed by atoms with Crippen LogP contribution in [0.1, 0.15) is 38.2 Å². The first kappa shape index (κ1) is 14.7. The van der Waals surface area contributed by atoms with E-state index in [2.05, 4.69) is 17.4 Å². The molecule has 20 heavy (non-hydrogen) atoms. The van der Waals surface area contributed by atoms with Crippen LogP contribution in [0.15, 0.2) is 18.2 Å². The summed E-state index contributed by atoms with van der Waals surface area (Å²) < 4.78 is 10.6. The molecule has 0 amide bonds. The van der Waals surface area contributed by atoms with Crippen LogP contribution in [0.4, 0.5) is 5.69 Å². The van der Waals surface area contributed by atoms with Gasteiger partial charge in [-0.25, -0.2) is 0 Å². The molecular formula is C16H23NO3. The van der Waals surface area contributed by atoms with Gasteiger partial charge in [0, 0.05) is 18.7 Å². The van der Waals surface area contributed by atoms with Gasteiger partial charge in [-0.2, -0.15) is 0 Å². The monoisotopic (exact) mass is 277 g/mol. The van der Waals surface area contributed by atoms with Crippen molar-refractivity contribution in [3.63, 3.8) is 0 Å². The van der Waals surface area contributed by atoms with Gasteiger partial charge in [0.1, 0.15) is 5.75 Å². The van der Waals surface area contributed by atoms with Gasteiger partial charge in [0.05, 0.1) is 13.2 Å². The minimum absolute atomic E-state index is 0.118. The van der Waals surface area contributed by atoms with Crippen molar-refractivity contribution < 1.29 is 14.3 Å². The molecule has 1 heterocycles. The summed E-state index contributed by atoms with van der Waals surface area (Å²) in [4.78, 5) is 11.2. The highest BCUT2D eigenvalue weighted by Gasteiger charge is 2.09. The quantitative estimate of drug-likeness (QED) is 0.614. The molecule has 0 radical (unpaired) electrons. The lowest BCUT2D eigenvalue weighted by molar-refractivity contribution is -0.143. The Bertz CT molecular complexity index is 445. The number of nitrogens with one attached hydrogen (secondary N) is 1. The van der Waals surface area contributed by atoms with Crippen LogP contribution in [0.5, 0.6) is 5.75 Å². The van der Waals surface area contributed by atoms with Crippen LogP contribution in [0.2, 0.25) is 0 Å². The third-order valence-corrected chi connectivity index (χ3v) is 3.36. The van der Waals surface area contributed by atoms with Gasteiger partial charge in [-0.3, -0.25) is 4.79 Å². The second kappa shape index (κ2) is 7.78. The molecule has 0 atom stereocenters. The summed E-state index contributed by atoms with van der Waals surface area (Å²) in [6.07, 6.45) is 4.45. The number of esters is 1. The molecule has 2 rings (SSSR count). The highest BCUT2D eigenvalue weighted by molar-refractivity contribution is 5.69. The zero-order valence-electron chi connectivity index (χ0n) is 12.1. The second-order valence-corrected chi connectivity index (χ2v) is 4.96. The summed E-state index contributed by atoms with van der Waals surface area (Å²) in [5, 5.41) is 3.38. The van der Waals surface area contributed by atoms with Gasteiger partial charge in [0.15, 0.2) is 0 Å². The summed E-state index contributed by atoms with van der Waals surface area (Å²) in [7, 11) is 0. The Kier molecular flexibility index (Phi) is 5.71. The lowest BCUT2D eigenvalue weighted by atomic mass is 10.0. The largest absolute Gasteiger partial charge is 0.494 e. The van der Waals surface area contributed by atoms with Crippen molar-refractivity contribution in [1.29, 1.82) is 0 Å². The first-order valence-corrected chi connectivity index (χ1v) is 7.45. The molecule has 1 N–H and O–H groups in total. The number of hydrogen-bond donors (Lipinski definition) is 1. The summed E-state index contributed by atoms with van der Waals surface area (Å²) in [5.74, 6) is 0.802. The summed E-state index contributed by atoms with van der Waals surface area (Å²) in [5.41, 5.74) is 2.56. The van der Waals surface area contributed by atoms with Crippen molar-refractivity contribution >= 4 is 11.7 Å². The minimum atomic E-state index is -0.118. The van der Waals surface area contributed by atoms with Gasteiger partial charge in [-0.05, 0) is 56.4 Å². The molecule has 0 aromatic heterocycles. The number of ether oxygens (including phenoxy) is 2. The topological polar surface area (TPSA) is 47.6 Å². The van der Waals surface area contributed by atoms with E-state index < -0.39 is 0 Å². The first-order chi connectivity index (χ1) is 9.79. The van der Waals surface area contributed by atoms with Crippen LogP contribution in [0.3, 0.4) is 0 Å². The molecule has 0 fully saturated rings. The maximum absolute atomic E-state index is 11.2. The van der Waals surface area contributed by atoms with Crippen molar-refractivity contribution in [2.75, 3.05) is 25.1 Å². The Balaban J connectivity index is 1.68. The number of hydrogen-bond acceptors (Lipinski definition) is 4. The number of carbonyl (C=O) groups is 1. The van der Waals surface area contributed by atoms with Gasteiger partial charge in [-0.1, -0.05) is 0 Å². The molecule has 4 heteroatoms. The van der Waals surface area contributed by atoms with Gasteiger partial charge in [0.2, 0.25) is 0 Å². The number of anilines is 1. The summed E-state index contributed by atoms with van der Waals surface area (Å²) in [6, 6.07) is 6.21. The summed E-state index contributed by atoms with van der Waals surface area (Å²) in [6.45, 7) is 3.98. The third-order valence-electron chi connectivity index (χ3n) is 3.36. The fraction of sp³-hybridized carbons (Fsp3) is 0.562. The molecule has 0 aliphatic carbocycles. The van der Waals surface area contributed by atoms with Gasteiger partial charge < -0.3 is 14.8 Å². The zero-order chi connectivity index (χ0) is 14.2. The molecule has 4 nitrogen and oxygen atoms in total. The molecule has 0 unspecified atom stereocenters. The van der Waals surface area contributed by atoms with Crippen LogP contribution in [0.25, 0.3) is 0 Å². The Morgan fingerprint density at radius 3 is 3.10 bits per heavy atom. The molecule has 110 valence electrons. The molecule has 0 saturated carbocycles. The molecule has 0 spiro atoms. The lowest BCUT2D eigenvalue weighted by Gasteiger charge is -2.18. The van der Waals surface area contributed by atoms with E-state index in [4.69, 9.17) is 9.47 Å². The smallest absolute Gasteiger partial charge is 0.305 e. The highest BCUT2D eigenvalue weighted by atomic mass is 16.5. The van der Waals surface area contributed by atoms with E-state index in [1.807, 2.05) is 13.0 Å². The first-order valence-electron chi connectivity index (χ1n) is 7.45. The lowest BCUT2D eigenvalue weighted by Crippen LogP contribution is -2.11. The van der Waals surface area contributed by atoms with Crippen molar-refractivity contribution in [1.82, 2.24) is 0 Å². The fourth-order valence-electron chi connectivity index (χ4n) is 2.34. The molecule has 0 bridgehead atoms. The maximum atomic E-state index is 11.2. The SMILES string of the molecule is CCOC(=O)CCCCOc1ccc2c(c1)CCCN2. The molecular weight excluding hydrogens is 254 g/mol. The second-order valence-electron chi connectivity index (χ2n) is 4.96. The molecule has 1 aliphatic heterocycles. The number of unbranched alkanes of at least 4 members (excludes halogenated alkanes) is 1. The van der Waals surface area contributed by atoms with Crippen molar-refractivity contribution in [3.05, 3.63) is 23.8 Å². The molecule has 1 aromatic carbocycles. The van der Waals surface area contributed by atoms with Gasteiger partial charge in [0.25, 0.3) is 0 Å². The van der Waals surface area contributed by atoms with E-state index in [0.717, 1.165) is 31.6 Å². The van der Waals surface area contributed by atoms with E-state index in [9.17, 15) is 4.79 Å². The number of benzene rings is 1. The van der Waals surface area contributed by atoms with Crippen LogP contribution >= 0.6 is 0 Å². The van der Waals surface area contributed by atoms with Gasteiger partial charge >= 0.3 is 5.97 Å². The number of rotatable bonds is 7. The Labute approximate surface area is 120 Å². The third kappa shape index (κ3) is 4.44. The minimum Gasteiger partial charge on any atom is -0.494 e. The number of aryl methyl sites for hydroxylation is 1. The van der Waals surface area contributed by atoms with E-state index in [0.29, 0.717) is 19.6 Å². The average molecular weight is 277 g/mol. The number of fused-ring (bicyclic) bond motifs is 1. The molecule has 1 aliphatic rings. The maximum Gasteiger partial charge on any atom is 0.305 e. The normalized spacial score (nSPS) is 13.2. The van der Waals surface area contributed by atoms with Crippen molar-refractivity contribution in [2.24, 2.45) is 0 Å². The van der Waals surface area contributed by atoms with E-state index in [1.165, 1.54) is 17.7 Å². The van der Waals surface area contributed by atoms with Crippen LogP contribution in [-0.4, -0.2) is 25.7 Å². The Morgan fingerprint density at radius 1 is 1.35 bits per heavy atom. The predicted octanol–water partition coefficient (Wildman–Crippen LogP) is 3.16. The van der Waals surface area contributed by atoms with E-state index >= 15 is 0 Å². The van der Waals surface area contributed by atoms with Crippen molar-refractivity contribution in [3.8, 4) is 5.75 Å². The average Bonchev–Trinajstić information content (AvgIpc) is 2.47. The van der Waals surface area contributed by atoms with Crippen LogP contribution in [0, 0.1) is 0 Å². The van der Waals surface area contributed by atoms with Crippen molar-refractivity contribution in [2.45, 2.75) is 39.0 Å². The predicted molar refractivity (Wildman–Crippen MR) is 79.2 cm³/mol. The Hall–Kier alpha value is -1.71. The standard InChI is InChI=1S/C16H23NO3/c1-2-19-16(18)7-3-4-11-20-14-8-9-15-13(12-14)6-5-10-17-15/h8-9,12,17H,2-7,10-11H2,1H3. The summed E-state index contributed by atoms with van der Waals surface area (Å²) >= 11 is 0. The van der Waals surface area contributed by atoms with E-state index in [1.54, 1.807) is 0 Å². The van der Waals surface area contributed by atoms with Crippen LogP contribution in [-0.2, 0) is 16.0 Å². The molecule has 0 saturated heterocycles.